The molecule has 0 saturated heterocycles. The molecule has 4 N–H and O–H groups in total. The summed E-state index contributed by atoms with van der Waals surface area (Å²) in [6.07, 6.45) is 7.61. The molecule has 0 spiro atoms. The molecule has 0 heterocycles. The van der Waals surface area contributed by atoms with Crippen LogP contribution < -0.4 is 11.5 Å². The Balaban J connectivity index is 2.61. The summed E-state index contributed by atoms with van der Waals surface area (Å²) in [5.74, 6) is -0.963. The smallest absolute Gasteiger partial charge is 0.221 e. The van der Waals surface area contributed by atoms with Gasteiger partial charge in [-0.25, -0.2) is 0 Å². The summed E-state index contributed by atoms with van der Waals surface area (Å²) >= 11 is 0. The molecule has 2 rings (SSSR count). The highest BCUT2D eigenvalue weighted by Gasteiger charge is 2.47. The first-order valence-corrected chi connectivity index (χ1v) is 9.22. The fourth-order valence-corrected chi connectivity index (χ4v) is 4.27. The lowest BCUT2D eigenvalue weighted by Gasteiger charge is -2.45. The molecule has 0 fully saturated rings. The average molecular weight is 354 g/mol. The minimum Gasteiger partial charge on any atom is -0.370 e. The van der Waals surface area contributed by atoms with Crippen LogP contribution in [0.5, 0.6) is 0 Å². The lowest BCUT2D eigenvalue weighted by Crippen LogP contribution is -2.47. The van der Waals surface area contributed by atoms with Crippen molar-refractivity contribution in [3.05, 3.63) is 58.7 Å². The van der Waals surface area contributed by atoms with E-state index in [1.807, 2.05) is 12.1 Å². The molecule has 1 aliphatic carbocycles. The molecule has 4 nitrogen and oxygen atoms in total. The molecule has 3 unspecified atom stereocenters. The van der Waals surface area contributed by atoms with Crippen LogP contribution in [0, 0.1) is 25.7 Å². The number of hydrogen-bond donors (Lipinski definition) is 2. The third kappa shape index (κ3) is 3.59. The maximum atomic E-state index is 12.6. The molecule has 140 valence electrons. The predicted molar refractivity (Wildman–Crippen MR) is 105 cm³/mol. The van der Waals surface area contributed by atoms with Gasteiger partial charge in [-0.1, -0.05) is 48.9 Å². The van der Waals surface area contributed by atoms with Crippen molar-refractivity contribution in [3.63, 3.8) is 0 Å². The van der Waals surface area contributed by atoms with Crippen LogP contribution in [0.3, 0.4) is 0 Å². The van der Waals surface area contributed by atoms with E-state index >= 15 is 0 Å². The highest BCUT2D eigenvalue weighted by Crippen LogP contribution is 2.49. The monoisotopic (exact) mass is 354 g/mol. The van der Waals surface area contributed by atoms with Crippen LogP contribution in [0.2, 0.25) is 0 Å². The van der Waals surface area contributed by atoms with Crippen molar-refractivity contribution >= 4 is 11.8 Å². The van der Waals surface area contributed by atoms with Gasteiger partial charge in [0, 0.05) is 11.8 Å². The summed E-state index contributed by atoms with van der Waals surface area (Å²) in [7, 11) is 0. The van der Waals surface area contributed by atoms with Gasteiger partial charge in [0.05, 0.1) is 5.92 Å². The fraction of sp³-hybridized carbons (Fsp3) is 0.455. The van der Waals surface area contributed by atoms with E-state index in [0.29, 0.717) is 12.8 Å². The second kappa shape index (κ2) is 7.90. The number of carbonyl (C=O) groups is 2. The summed E-state index contributed by atoms with van der Waals surface area (Å²) in [6, 6.07) is 6.22. The topological polar surface area (TPSA) is 86.2 Å². The SMILES string of the molecule is CC1=CC=CC(c2cccc(C)c2C)(C(CCCC(N)=O)C(N)=O)C1C. The first kappa shape index (κ1) is 20.0. The van der Waals surface area contributed by atoms with Gasteiger partial charge in [0.25, 0.3) is 0 Å². The van der Waals surface area contributed by atoms with E-state index in [-0.39, 0.29) is 24.2 Å². The maximum absolute atomic E-state index is 12.6. The zero-order chi connectivity index (χ0) is 19.5. The maximum Gasteiger partial charge on any atom is 0.221 e. The summed E-state index contributed by atoms with van der Waals surface area (Å²) < 4.78 is 0. The lowest BCUT2D eigenvalue weighted by molar-refractivity contribution is -0.125. The molecular formula is C22H30N2O2. The number of primary amides is 2. The number of hydrogen-bond acceptors (Lipinski definition) is 2. The Kier molecular flexibility index (Phi) is 6.06. The molecule has 0 aliphatic heterocycles. The van der Waals surface area contributed by atoms with Gasteiger partial charge in [0.2, 0.25) is 11.8 Å². The van der Waals surface area contributed by atoms with Crippen molar-refractivity contribution in [1.82, 2.24) is 0 Å². The highest BCUT2D eigenvalue weighted by atomic mass is 16.1. The second-order valence-electron chi connectivity index (χ2n) is 7.49. The number of rotatable bonds is 7. The van der Waals surface area contributed by atoms with Crippen molar-refractivity contribution < 1.29 is 9.59 Å². The number of benzene rings is 1. The molecule has 1 aromatic carbocycles. The molecule has 4 heteroatoms. The molecule has 0 saturated carbocycles. The predicted octanol–water partition coefficient (Wildman–Crippen LogP) is 3.45. The number of amides is 2. The van der Waals surface area contributed by atoms with E-state index in [2.05, 4.69) is 52.0 Å². The van der Waals surface area contributed by atoms with E-state index in [4.69, 9.17) is 11.5 Å². The molecule has 3 atom stereocenters. The van der Waals surface area contributed by atoms with Crippen molar-refractivity contribution in [2.24, 2.45) is 23.3 Å². The standard InChI is InChI=1S/C22H30N2O2/c1-14-8-5-10-18(16(14)3)22(13-7-9-15(2)17(22)4)19(21(24)26)11-6-12-20(23)25/h5,7-10,13,17,19H,6,11-12H2,1-4H3,(H2,23,25)(H2,24,26). The minimum absolute atomic E-state index is 0.124. The third-order valence-corrected chi connectivity index (χ3v) is 6.04. The van der Waals surface area contributed by atoms with Gasteiger partial charge in [-0.3, -0.25) is 9.59 Å². The van der Waals surface area contributed by atoms with Gasteiger partial charge >= 0.3 is 0 Å². The fourth-order valence-electron chi connectivity index (χ4n) is 4.27. The molecule has 0 aromatic heterocycles. The first-order valence-electron chi connectivity index (χ1n) is 9.22. The van der Waals surface area contributed by atoms with Crippen LogP contribution in [0.15, 0.2) is 42.0 Å². The van der Waals surface area contributed by atoms with Crippen LogP contribution >= 0.6 is 0 Å². The van der Waals surface area contributed by atoms with Crippen LogP contribution in [0.4, 0.5) is 0 Å². The molecule has 1 aliphatic rings. The largest absolute Gasteiger partial charge is 0.370 e. The van der Waals surface area contributed by atoms with Crippen LogP contribution in [-0.4, -0.2) is 11.8 Å². The van der Waals surface area contributed by atoms with Gasteiger partial charge < -0.3 is 11.5 Å². The average Bonchev–Trinajstić information content (AvgIpc) is 2.57. The molecule has 0 bridgehead atoms. The normalized spacial score (nSPS) is 23.4. The second-order valence-corrected chi connectivity index (χ2v) is 7.49. The summed E-state index contributed by atoms with van der Waals surface area (Å²) in [5.41, 5.74) is 15.4. The Bertz CT molecular complexity index is 763. The van der Waals surface area contributed by atoms with Crippen molar-refractivity contribution in [2.45, 2.75) is 52.4 Å². The zero-order valence-electron chi connectivity index (χ0n) is 16.2. The van der Waals surface area contributed by atoms with E-state index < -0.39 is 11.3 Å². The Hall–Kier alpha value is -2.36. The van der Waals surface area contributed by atoms with E-state index in [1.54, 1.807) is 0 Å². The van der Waals surface area contributed by atoms with Crippen molar-refractivity contribution in [1.29, 1.82) is 0 Å². The quantitative estimate of drug-likeness (QED) is 0.786. The Labute approximate surface area is 156 Å². The number of allylic oxidation sites excluding steroid dienone is 4. The summed E-state index contributed by atoms with van der Waals surface area (Å²) in [6.45, 7) is 8.43. The van der Waals surface area contributed by atoms with Gasteiger partial charge in [0.1, 0.15) is 0 Å². The minimum atomic E-state index is -0.515. The van der Waals surface area contributed by atoms with E-state index in [1.165, 1.54) is 16.7 Å². The van der Waals surface area contributed by atoms with Crippen molar-refractivity contribution in [2.75, 3.05) is 0 Å². The van der Waals surface area contributed by atoms with Crippen molar-refractivity contribution in [3.8, 4) is 0 Å². The first-order chi connectivity index (χ1) is 12.2. The number of carbonyl (C=O) groups excluding carboxylic acids is 2. The Morgan fingerprint density at radius 1 is 1.19 bits per heavy atom. The molecule has 26 heavy (non-hydrogen) atoms. The Morgan fingerprint density at radius 2 is 1.88 bits per heavy atom. The van der Waals surface area contributed by atoms with E-state index in [9.17, 15) is 9.59 Å². The lowest BCUT2D eigenvalue weighted by atomic mass is 9.57. The number of aryl methyl sites for hydroxylation is 1. The van der Waals surface area contributed by atoms with Crippen LogP contribution in [0.25, 0.3) is 0 Å². The molecule has 2 amide bonds. The molecule has 1 aromatic rings. The highest BCUT2D eigenvalue weighted by molar-refractivity contribution is 5.80. The number of nitrogens with two attached hydrogens (primary N) is 2. The summed E-state index contributed by atoms with van der Waals surface area (Å²) in [5, 5.41) is 0. The summed E-state index contributed by atoms with van der Waals surface area (Å²) in [4.78, 5) is 23.7. The van der Waals surface area contributed by atoms with Gasteiger partial charge in [0.15, 0.2) is 0 Å². The van der Waals surface area contributed by atoms with Crippen LogP contribution in [-0.2, 0) is 15.0 Å². The van der Waals surface area contributed by atoms with Gasteiger partial charge in [-0.05, 0) is 56.2 Å². The van der Waals surface area contributed by atoms with Gasteiger partial charge in [-0.15, -0.1) is 0 Å². The van der Waals surface area contributed by atoms with Gasteiger partial charge in [-0.2, -0.15) is 0 Å². The third-order valence-electron chi connectivity index (χ3n) is 6.04. The molecular weight excluding hydrogens is 324 g/mol. The zero-order valence-corrected chi connectivity index (χ0v) is 16.2. The van der Waals surface area contributed by atoms with E-state index in [0.717, 1.165) is 5.56 Å². The molecule has 0 radical (unpaired) electrons. The van der Waals surface area contributed by atoms with Crippen LogP contribution in [0.1, 0.15) is 49.8 Å². The Morgan fingerprint density at radius 3 is 2.50 bits per heavy atom.